The fourth-order valence-corrected chi connectivity index (χ4v) is 2.72. The zero-order valence-corrected chi connectivity index (χ0v) is 18.3. The third-order valence-electron chi connectivity index (χ3n) is 2.96. The number of amides is 1. The normalized spacial score (nSPS) is 12.3. The second-order valence-corrected chi connectivity index (χ2v) is 11.5. The molecule has 8 nitrogen and oxygen atoms in total. The molecular weight excluding hydrogens is 371 g/mol. The van der Waals surface area contributed by atoms with Crippen molar-refractivity contribution in [2.24, 2.45) is 0 Å². The van der Waals surface area contributed by atoms with E-state index in [4.69, 9.17) is 14.2 Å². The smallest absolute Gasteiger partial charge is 0.412 e. The Morgan fingerprint density at radius 2 is 1.56 bits per heavy atom. The van der Waals surface area contributed by atoms with Crippen molar-refractivity contribution < 1.29 is 28.4 Å². The van der Waals surface area contributed by atoms with Crippen LogP contribution in [0.2, 0.25) is 0 Å². The van der Waals surface area contributed by atoms with Crippen molar-refractivity contribution >= 4 is 30.3 Å². The van der Waals surface area contributed by atoms with Crippen LogP contribution in [0.15, 0.2) is 6.07 Å². The van der Waals surface area contributed by atoms with E-state index in [0.29, 0.717) is 0 Å². The number of hydrogen-bond acceptors (Lipinski definition) is 7. The number of carbonyl (C=O) groups is 2. The summed E-state index contributed by atoms with van der Waals surface area (Å²) in [5.74, 6) is -0.641. The number of ether oxygens (including phenoxy) is 3. The lowest BCUT2D eigenvalue weighted by Gasteiger charge is -2.23. The van der Waals surface area contributed by atoms with E-state index in [0.717, 1.165) is 0 Å². The zero-order chi connectivity index (χ0) is 21.2. The Kier molecular flexibility index (Phi) is 6.71. The molecule has 0 aliphatic rings. The molecule has 27 heavy (non-hydrogen) atoms. The maximum Gasteiger partial charge on any atom is 0.412 e. The summed E-state index contributed by atoms with van der Waals surface area (Å²) in [6, 6.07) is 1.43. The Morgan fingerprint density at radius 3 is 1.96 bits per heavy atom. The molecule has 1 aromatic heterocycles. The monoisotopic (exact) mass is 400 g/mol. The molecule has 152 valence electrons. The Bertz CT molecular complexity index is 771. The number of carbonyl (C=O) groups excluding carboxylic acids is 2. The zero-order valence-electron chi connectivity index (χ0n) is 17.4. The van der Waals surface area contributed by atoms with Gasteiger partial charge in [-0.1, -0.05) is 0 Å². The summed E-state index contributed by atoms with van der Waals surface area (Å²) >= 11 is 0. The fraction of sp³-hybridized carbons (Fsp3) is 0.611. The van der Waals surface area contributed by atoms with Crippen LogP contribution in [-0.2, 0) is 14.0 Å². The standard InChI is InChI=1S/C18H29N2O6P/c1-17(2,3)25-15(21)14-13(20-16(22)26-18(4,5)6)11(24-7)10-12(19-14)27(8,9)23/h10H,1-9H3,(H,20,22). The summed E-state index contributed by atoms with van der Waals surface area (Å²) in [5.41, 5.74) is -1.53. The van der Waals surface area contributed by atoms with Gasteiger partial charge >= 0.3 is 12.1 Å². The Hall–Kier alpha value is -2.08. The van der Waals surface area contributed by atoms with Crippen molar-refractivity contribution in [3.8, 4) is 5.75 Å². The van der Waals surface area contributed by atoms with Gasteiger partial charge in [-0.2, -0.15) is 0 Å². The second kappa shape index (κ2) is 7.89. The maximum atomic E-state index is 12.7. The van der Waals surface area contributed by atoms with E-state index in [-0.39, 0.29) is 22.6 Å². The Balaban J connectivity index is 3.51. The summed E-state index contributed by atoms with van der Waals surface area (Å²) in [6.45, 7) is 13.3. The van der Waals surface area contributed by atoms with E-state index in [1.54, 1.807) is 41.5 Å². The first-order chi connectivity index (χ1) is 12.0. The highest BCUT2D eigenvalue weighted by molar-refractivity contribution is 7.69. The first-order valence-electron chi connectivity index (χ1n) is 8.41. The average molecular weight is 400 g/mol. The molecule has 0 saturated heterocycles. The molecule has 0 saturated carbocycles. The average Bonchev–Trinajstić information content (AvgIpc) is 2.41. The van der Waals surface area contributed by atoms with Crippen LogP contribution in [0, 0.1) is 0 Å². The van der Waals surface area contributed by atoms with E-state index in [9.17, 15) is 14.2 Å². The molecule has 1 heterocycles. The van der Waals surface area contributed by atoms with Crippen molar-refractivity contribution in [2.45, 2.75) is 52.7 Å². The van der Waals surface area contributed by atoms with Crippen LogP contribution >= 0.6 is 7.14 Å². The number of methoxy groups -OCH3 is 1. The predicted molar refractivity (Wildman–Crippen MR) is 105 cm³/mol. The largest absolute Gasteiger partial charge is 0.494 e. The highest BCUT2D eigenvalue weighted by Crippen LogP contribution is 2.38. The third kappa shape index (κ3) is 7.21. The lowest BCUT2D eigenvalue weighted by Crippen LogP contribution is -2.30. The minimum absolute atomic E-state index is 0.00167. The fourth-order valence-electron chi connectivity index (χ4n) is 1.95. The van der Waals surface area contributed by atoms with Crippen molar-refractivity contribution in [3.63, 3.8) is 0 Å². The van der Waals surface area contributed by atoms with Gasteiger partial charge in [0.2, 0.25) is 0 Å². The molecule has 0 aliphatic carbocycles. The molecule has 0 spiro atoms. The number of rotatable bonds is 4. The van der Waals surface area contributed by atoms with E-state index < -0.39 is 30.4 Å². The second-order valence-electron chi connectivity index (χ2n) is 8.39. The Labute approximate surface area is 160 Å². The van der Waals surface area contributed by atoms with Gasteiger partial charge in [0, 0.05) is 6.07 Å². The highest BCUT2D eigenvalue weighted by Gasteiger charge is 2.29. The van der Waals surface area contributed by atoms with Crippen LogP contribution in [0.5, 0.6) is 5.75 Å². The minimum atomic E-state index is -2.81. The topological polar surface area (TPSA) is 104 Å². The third-order valence-corrected chi connectivity index (χ3v) is 4.29. The molecular formula is C18H29N2O6P. The molecule has 1 aromatic rings. The number of nitrogens with one attached hydrogen (secondary N) is 1. The van der Waals surface area contributed by atoms with Gasteiger partial charge in [0.1, 0.15) is 35.2 Å². The Morgan fingerprint density at radius 1 is 1.04 bits per heavy atom. The summed E-state index contributed by atoms with van der Waals surface area (Å²) in [5, 5.41) is 2.49. The maximum absolute atomic E-state index is 12.7. The summed E-state index contributed by atoms with van der Waals surface area (Å²) in [7, 11) is -1.44. The number of anilines is 1. The first-order valence-corrected chi connectivity index (χ1v) is 11.0. The summed E-state index contributed by atoms with van der Waals surface area (Å²) in [6.07, 6.45) is -0.781. The molecule has 0 radical (unpaired) electrons. The van der Waals surface area contributed by atoms with Crippen LogP contribution in [0.1, 0.15) is 52.0 Å². The van der Waals surface area contributed by atoms with Gasteiger partial charge in [0.05, 0.1) is 7.11 Å². The van der Waals surface area contributed by atoms with Crippen molar-refractivity contribution in [3.05, 3.63) is 11.8 Å². The van der Waals surface area contributed by atoms with Crippen LogP contribution in [0.25, 0.3) is 0 Å². The molecule has 1 rings (SSSR count). The molecule has 0 bridgehead atoms. The SMILES string of the molecule is COc1cc(P(C)(C)=O)nc(C(=O)OC(C)(C)C)c1NC(=O)OC(C)(C)C. The number of pyridine rings is 1. The van der Waals surface area contributed by atoms with E-state index in [1.165, 1.54) is 26.5 Å². The van der Waals surface area contributed by atoms with Gasteiger partial charge in [0.15, 0.2) is 5.69 Å². The van der Waals surface area contributed by atoms with Gasteiger partial charge < -0.3 is 18.8 Å². The minimum Gasteiger partial charge on any atom is -0.494 e. The molecule has 0 aliphatic heterocycles. The number of nitrogens with zero attached hydrogens (tertiary/aromatic N) is 1. The van der Waals surface area contributed by atoms with Crippen molar-refractivity contribution in [1.29, 1.82) is 0 Å². The van der Waals surface area contributed by atoms with Gasteiger partial charge in [-0.25, -0.2) is 14.6 Å². The molecule has 0 atom stereocenters. The molecule has 0 aromatic carbocycles. The lowest BCUT2D eigenvalue weighted by molar-refractivity contribution is 0.00641. The van der Waals surface area contributed by atoms with E-state index >= 15 is 0 Å². The van der Waals surface area contributed by atoms with Gasteiger partial charge in [-0.3, -0.25) is 5.32 Å². The lowest BCUT2D eigenvalue weighted by atomic mass is 10.2. The van der Waals surface area contributed by atoms with E-state index in [1.807, 2.05) is 0 Å². The van der Waals surface area contributed by atoms with E-state index in [2.05, 4.69) is 10.3 Å². The molecule has 1 N–H and O–H groups in total. The molecule has 0 fully saturated rings. The summed E-state index contributed by atoms with van der Waals surface area (Å²) < 4.78 is 28.4. The van der Waals surface area contributed by atoms with Gasteiger partial charge in [-0.15, -0.1) is 0 Å². The first kappa shape index (κ1) is 23.0. The molecule has 9 heteroatoms. The van der Waals surface area contributed by atoms with Crippen molar-refractivity contribution in [1.82, 2.24) is 4.98 Å². The summed E-state index contributed by atoms with van der Waals surface area (Å²) in [4.78, 5) is 29.1. The number of hydrogen-bond donors (Lipinski definition) is 1. The highest BCUT2D eigenvalue weighted by atomic mass is 31.2. The van der Waals surface area contributed by atoms with Crippen LogP contribution in [0.4, 0.5) is 10.5 Å². The quantitative estimate of drug-likeness (QED) is 0.608. The molecule has 1 amide bonds. The van der Waals surface area contributed by atoms with Gasteiger partial charge in [-0.05, 0) is 54.9 Å². The number of aromatic nitrogens is 1. The van der Waals surface area contributed by atoms with Crippen LogP contribution < -0.4 is 15.5 Å². The predicted octanol–water partition coefficient (Wildman–Crippen LogP) is 3.64. The number of esters is 1. The van der Waals surface area contributed by atoms with Crippen molar-refractivity contribution in [2.75, 3.05) is 25.8 Å². The van der Waals surface area contributed by atoms with Gasteiger partial charge in [0.25, 0.3) is 0 Å². The van der Waals surface area contributed by atoms with Crippen LogP contribution in [-0.4, -0.2) is 48.7 Å². The van der Waals surface area contributed by atoms with Crippen LogP contribution in [0.3, 0.4) is 0 Å². The molecule has 0 unspecified atom stereocenters.